The zero-order valence-electron chi connectivity index (χ0n) is 21.4. The lowest BCUT2D eigenvalue weighted by atomic mass is 9.93. The fourth-order valence-electron chi connectivity index (χ4n) is 5.83. The van der Waals surface area contributed by atoms with Gasteiger partial charge in [-0.2, -0.15) is 4.98 Å². The molecule has 2 aromatic heterocycles. The molecule has 188 valence electrons. The molecule has 1 aromatic carbocycles. The Bertz CT molecular complexity index is 1090. The lowest BCUT2D eigenvalue weighted by Gasteiger charge is -2.27. The summed E-state index contributed by atoms with van der Waals surface area (Å²) < 4.78 is 2.36. The molecule has 6 nitrogen and oxygen atoms in total. The zero-order valence-corrected chi connectivity index (χ0v) is 21.4. The SMILES string of the molecule is CCC[C@H](C)Nc1ncc2c(-c3ccc(CN4CCCCC4)cc3)cn(C3CCC(O)CC3)c2n1. The quantitative estimate of drug-likeness (QED) is 0.408. The molecule has 3 heterocycles. The van der Waals surface area contributed by atoms with Gasteiger partial charge in [0.25, 0.3) is 0 Å². The number of benzene rings is 1. The summed E-state index contributed by atoms with van der Waals surface area (Å²) in [4.78, 5) is 12.3. The van der Waals surface area contributed by atoms with E-state index in [-0.39, 0.29) is 6.10 Å². The van der Waals surface area contributed by atoms with E-state index in [0.717, 1.165) is 56.1 Å². The number of aliphatic hydroxyl groups is 1. The van der Waals surface area contributed by atoms with Gasteiger partial charge in [0.1, 0.15) is 5.65 Å². The lowest BCUT2D eigenvalue weighted by Crippen LogP contribution is -2.28. The van der Waals surface area contributed by atoms with E-state index < -0.39 is 0 Å². The molecular weight excluding hydrogens is 434 g/mol. The predicted molar refractivity (Wildman–Crippen MR) is 144 cm³/mol. The molecular formula is C29H41N5O. The van der Waals surface area contributed by atoms with Crippen molar-refractivity contribution < 1.29 is 5.11 Å². The number of fused-ring (bicyclic) bond motifs is 1. The highest BCUT2D eigenvalue weighted by molar-refractivity contribution is 5.94. The van der Waals surface area contributed by atoms with Gasteiger partial charge in [-0.1, -0.05) is 44.0 Å². The maximum atomic E-state index is 10.1. The summed E-state index contributed by atoms with van der Waals surface area (Å²) in [6.07, 6.45) is 14.0. The predicted octanol–water partition coefficient (Wildman–Crippen LogP) is 6.16. The van der Waals surface area contributed by atoms with Crippen LogP contribution >= 0.6 is 0 Å². The number of piperidine rings is 1. The third-order valence-electron chi connectivity index (χ3n) is 7.85. The summed E-state index contributed by atoms with van der Waals surface area (Å²) in [5.74, 6) is 0.706. The molecule has 2 fully saturated rings. The van der Waals surface area contributed by atoms with E-state index in [1.54, 1.807) is 0 Å². The largest absolute Gasteiger partial charge is 0.393 e. The maximum Gasteiger partial charge on any atom is 0.224 e. The highest BCUT2D eigenvalue weighted by Crippen LogP contribution is 2.37. The van der Waals surface area contributed by atoms with E-state index in [4.69, 9.17) is 9.97 Å². The maximum absolute atomic E-state index is 10.1. The fraction of sp³-hybridized carbons (Fsp3) is 0.586. The van der Waals surface area contributed by atoms with Crippen LogP contribution in [-0.2, 0) is 6.54 Å². The van der Waals surface area contributed by atoms with Crippen LogP contribution in [-0.4, -0.2) is 49.8 Å². The van der Waals surface area contributed by atoms with Crippen molar-refractivity contribution in [3.63, 3.8) is 0 Å². The Labute approximate surface area is 209 Å². The second-order valence-electron chi connectivity index (χ2n) is 10.7. The van der Waals surface area contributed by atoms with Gasteiger partial charge in [0.2, 0.25) is 5.95 Å². The molecule has 0 unspecified atom stereocenters. The van der Waals surface area contributed by atoms with Crippen molar-refractivity contribution in [2.45, 2.75) is 96.4 Å². The van der Waals surface area contributed by atoms with E-state index in [1.165, 1.54) is 49.0 Å². The summed E-state index contributed by atoms with van der Waals surface area (Å²) in [6.45, 7) is 7.87. The monoisotopic (exact) mass is 475 g/mol. The molecule has 0 radical (unpaired) electrons. The zero-order chi connectivity index (χ0) is 24.2. The van der Waals surface area contributed by atoms with E-state index in [9.17, 15) is 5.11 Å². The molecule has 2 N–H and O–H groups in total. The number of aromatic nitrogens is 3. The minimum Gasteiger partial charge on any atom is -0.393 e. The number of hydrogen-bond acceptors (Lipinski definition) is 5. The summed E-state index contributed by atoms with van der Waals surface area (Å²) >= 11 is 0. The van der Waals surface area contributed by atoms with Gasteiger partial charge < -0.3 is 15.0 Å². The summed E-state index contributed by atoms with van der Waals surface area (Å²) in [6, 6.07) is 9.80. The van der Waals surface area contributed by atoms with Gasteiger partial charge in [-0.3, -0.25) is 4.90 Å². The van der Waals surface area contributed by atoms with Gasteiger partial charge in [0.05, 0.1) is 6.10 Å². The highest BCUT2D eigenvalue weighted by Gasteiger charge is 2.24. The number of likely N-dealkylation sites (tertiary alicyclic amines) is 1. The van der Waals surface area contributed by atoms with E-state index in [0.29, 0.717) is 18.0 Å². The van der Waals surface area contributed by atoms with Crippen LogP contribution in [0.15, 0.2) is 36.7 Å². The number of aliphatic hydroxyl groups excluding tert-OH is 1. The van der Waals surface area contributed by atoms with Crippen LogP contribution in [0.4, 0.5) is 5.95 Å². The van der Waals surface area contributed by atoms with E-state index in [1.807, 2.05) is 6.20 Å². The average molecular weight is 476 g/mol. The first-order chi connectivity index (χ1) is 17.1. The molecule has 0 spiro atoms. The van der Waals surface area contributed by atoms with Crippen LogP contribution in [0.25, 0.3) is 22.2 Å². The van der Waals surface area contributed by atoms with Crippen LogP contribution in [0, 0.1) is 0 Å². The molecule has 1 aliphatic heterocycles. The Morgan fingerprint density at radius 2 is 1.80 bits per heavy atom. The second-order valence-corrected chi connectivity index (χ2v) is 10.7. The molecule has 0 bridgehead atoms. The van der Waals surface area contributed by atoms with E-state index >= 15 is 0 Å². The molecule has 1 saturated heterocycles. The van der Waals surface area contributed by atoms with Crippen molar-refractivity contribution in [1.29, 1.82) is 0 Å². The normalized spacial score (nSPS) is 22.4. The summed E-state index contributed by atoms with van der Waals surface area (Å²) in [7, 11) is 0. The van der Waals surface area contributed by atoms with Crippen LogP contribution in [0.5, 0.6) is 0 Å². The standard InChI is InChI=1S/C29H41N5O/c1-3-7-21(2)31-29-30-18-26-27(20-34(28(26)32-29)24-12-14-25(35)15-13-24)23-10-8-22(9-11-23)19-33-16-5-4-6-17-33/h8-11,18,20-21,24-25,35H,3-7,12-17,19H2,1-2H3,(H,30,31,32)/t21-,24?,25?/m0/s1. The van der Waals surface area contributed by atoms with Gasteiger partial charge in [-0.25, -0.2) is 4.98 Å². The molecule has 1 aliphatic carbocycles. The fourth-order valence-corrected chi connectivity index (χ4v) is 5.83. The van der Waals surface area contributed by atoms with Gasteiger partial charge in [-0.05, 0) is 76.1 Å². The molecule has 0 amide bonds. The minimum absolute atomic E-state index is 0.165. The van der Waals surface area contributed by atoms with Crippen molar-refractivity contribution in [1.82, 2.24) is 19.4 Å². The number of nitrogens with one attached hydrogen (secondary N) is 1. The Morgan fingerprint density at radius 3 is 2.51 bits per heavy atom. The molecule has 35 heavy (non-hydrogen) atoms. The van der Waals surface area contributed by atoms with Gasteiger partial charge >= 0.3 is 0 Å². The van der Waals surface area contributed by atoms with Gasteiger partial charge in [-0.15, -0.1) is 0 Å². The number of nitrogens with zero attached hydrogens (tertiary/aromatic N) is 4. The van der Waals surface area contributed by atoms with Crippen LogP contribution < -0.4 is 5.32 Å². The summed E-state index contributed by atoms with van der Waals surface area (Å²) in [5.41, 5.74) is 4.80. The average Bonchev–Trinajstić information content (AvgIpc) is 3.24. The Morgan fingerprint density at radius 1 is 1.06 bits per heavy atom. The third-order valence-corrected chi connectivity index (χ3v) is 7.85. The van der Waals surface area contributed by atoms with Crippen molar-refractivity contribution in [2.75, 3.05) is 18.4 Å². The first-order valence-corrected chi connectivity index (χ1v) is 13.7. The van der Waals surface area contributed by atoms with Crippen LogP contribution in [0.2, 0.25) is 0 Å². The van der Waals surface area contributed by atoms with E-state index in [2.05, 4.69) is 59.1 Å². The second kappa shape index (κ2) is 11.1. The lowest BCUT2D eigenvalue weighted by molar-refractivity contribution is 0.111. The molecule has 5 rings (SSSR count). The Hall–Kier alpha value is -2.44. The first-order valence-electron chi connectivity index (χ1n) is 13.7. The third kappa shape index (κ3) is 5.70. The van der Waals surface area contributed by atoms with Crippen molar-refractivity contribution >= 4 is 17.0 Å². The van der Waals surface area contributed by atoms with Crippen LogP contribution in [0.3, 0.4) is 0 Å². The van der Waals surface area contributed by atoms with Gasteiger partial charge in [0.15, 0.2) is 0 Å². The van der Waals surface area contributed by atoms with Crippen molar-refractivity contribution in [2.24, 2.45) is 0 Å². The first kappa shape index (κ1) is 24.3. The van der Waals surface area contributed by atoms with Gasteiger partial charge in [0, 0.05) is 42.0 Å². The van der Waals surface area contributed by atoms with Crippen LogP contribution in [0.1, 0.15) is 83.2 Å². The molecule has 6 heteroatoms. The topological polar surface area (TPSA) is 66.2 Å². The number of anilines is 1. The minimum atomic E-state index is -0.165. The smallest absolute Gasteiger partial charge is 0.224 e. The molecule has 2 aliphatic rings. The number of rotatable bonds is 8. The highest BCUT2D eigenvalue weighted by atomic mass is 16.3. The molecule has 1 saturated carbocycles. The molecule has 3 aromatic rings. The number of hydrogen-bond donors (Lipinski definition) is 2. The Kier molecular flexibility index (Phi) is 7.69. The molecule has 1 atom stereocenters. The van der Waals surface area contributed by atoms with Crippen molar-refractivity contribution in [3.05, 3.63) is 42.2 Å². The Balaban J connectivity index is 1.45. The summed E-state index contributed by atoms with van der Waals surface area (Å²) in [5, 5.41) is 14.7. The van der Waals surface area contributed by atoms with Crippen molar-refractivity contribution in [3.8, 4) is 11.1 Å².